The Labute approximate surface area is 99.9 Å². The van der Waals surface area contributed by atoms with Crippen molar-refractivity contribution in [3.8, 4) is 0 Å². The molecule has 1 aromatic rings. The van der Waals surface area contributed by atoms with Crippen LogP contribution in [0.1, 0.15) is 18.6 Å². The van der Waals surface area contributed by atoms with Crippen molar-refractivity contribution in [3.05, 3.63) is 35.9 Å². The zero-order valence-corrected chi connectivity index (χ0v) is 9.84. The van der Waals surface area contributed by atoms with E-state index in [1.165, 1.54) is 14.0 Å². The van der Waals surface area contributed by atoms with Crippen molar-refractivity contribution < 1.29 is 14.3 Å². The highest BCUT2D eigenvalue weighted by Gasteiger charge is 2.22. The number of ether oxygens (including phenoxy) is 1. The molecule has 92 valence electrons. The van der Waals surface area contributed by atoms with E-state index in [-0.39, 0.29) is 5.91 Å². The second kappa shape index (κ2) is 6.00. The van der Waals surface area contributed by atoms with E-state index in [4.69, 9.17) is 10.5 Å². The fourth-order valence-electron chi connectivity index (χ4n) is 1.38. The van der Waals surface area contributed by atoms with E-state index in [9.17, 15) is 9.59 Å². The second-order valence-corrected chi connectivity index (χ2v) is 3.66. The molecule has 2 atom stereocenters. The lowest BCUT2D eigenvalue weighted by Crippen LogP contribution is -2.44. The van der Waals surface area contributed by atoms with Crippen LogP contribution in [0.4, 0.5) is 0 Å². The Bertz CT molecular complexity index is 392. The van der Waals surface area contributed by atoms with Crippen LogP contribution >= 0.6 is 0 Å². The standard InChI is InChI=1S/C12H16N2O3/c1-8(11(13)15)14-12(16)10(17-2)9-6-4-3-5-7-9/h3-8,10H,1-2H3,(H2,13,15)(H,14,16)/t8-,10-/m0/s1. The van der Waals surface area contributed by atoms with Gasteiger partial charge in [0.2, 0.25) is 5.91 Å². The average molecular weight is 236 g/mol. The zero-order chi connectivity index (χ0) is 12.8. The van der Waals surface area contributed by atoms with Crippen molar-refractivity contribution in [3.63, 3.8) is 0 Å². The third-order valence-corrected chi connectivity index (χ3v) is 2.36. The maximum absolute atomic E-state index is 11.8. The van der Waals surface area contributed by atoms with Gasteiger partial charge >= 0.3 is 0 Å². The number of benzene rings is 1. The third kappa shape index (κ3) is 3.57. The molecule has 5 heteroatoms. The maximum atomic E-state index is 11.8. The molecule has 0 fully saturated rings. The minimum atomic E-state index is -0.738. The van der Waals surface area contributed by atoms with Gasteiger partial charge in [-0.05, 0) is 12.5 Å². The SMILES string of the molecule is CO[C@H](C(=O)N[C@@H](C)C(N)=O)c1ccccc1. The lowest BCUT2D eigenvalue weighted by atomic mass is 10.1. The summed E-state index contributed by atoms with van der Waals surface area (Å²) in [5, 5.41) is 2.49. The van der Waals surface area contributed by atoms with Gasteiger partial charge in [0.15, 0.2) is 6.10 Å². The number of amides is 2. The molecule has 0 saturated heterocycles. The van der Waals surface area contributed by atoms with Gasteiger partial charge in [0.1, 0.15) is 6.04 Å². The van der Waals surface area contributed by atoms with E-state index in [1.807, 2.05) is 18.2 Å². The zero-order valence-electron chi connectivity index (χ0n) is 9.84. The first-order valence-electron chi connectivity index (χ1n) is 5.23. The molecule has 17 heavy (non-hydrogen) atoms. The van der Waals surface area contributed by atoms with Crippen LogP contribution in [0.3, 0.4) is 0 Å². The van der Waals surface area contributed by atoms with Gasteiger partial charge in [-0.15, -0.1) is 0 Å². The van der Waals surface area contributed by atoms with Crippen LogP contribution in [0.15, 0.2) is 30.3 Å². The second-order valence-electron chi connectivity index (χ2n) is 3.66. The van der Waals surface area contributed by atoms with E-state index in [1.54, 1.807) is 12.1 Å². The topological polar surface area (TPSA) is 81.4 Å². The molecule has 0 aromatic heterocycles. The van der Waals surface area contributed by atoms with Crippen LogP contribution in [0.25, 0.3) is 0 Å². The largest absolute Gasteiger partial charge is 0.368 e. The monoisotopic (exact) mass is 236 g/mol. The van der Waals surface area contributed by atoms with Crippen molar-refractivity contribution in [1.29, 1.82) is 0 Å². The number of nitrogens with one attached hydrogen (secondary N) is 1. The Balaban J connectivity index is 2.75. The van der Waals surface area contributed by atoms with E-state index in [0.29, 0.717) is 0 Å². The van der Waals surface area contributed by atoms with Crippen LogP contribution < -0.4 is 11.1 Å². The van der Waals surface area contributed by atoms with Crippen LogP contribution in [-0.2, 0) is 14.3 Å². The fourth-order valence-corrected chi connectivity index (χ4v) is 1.38. The van der Waals surface area contributed by atoms with E-state index >= 15 is 0 Å². The van der Waals surface area contributed by atoms with Gasteiger partial charge in [0.25, 0.3) is 5.91 Å². The van der Waals surface area contributed by atoms with Crippen LogP contribution in [0.2, 0.25) is 0 Å². The number of carbonyl (C=O) groups is 2. The third-order valence-electron chi connectivity index (χ3n) is 2.36. The predicted molar refractivity (Wildman–Crippen MR) is 63.0 cm³/mol. The summed E-state index contributed by atoms with van der Waals surface area (Å²) in [7, 11) is 1.44. The summed E-state index contributed by atoms with van der Waals surface area (Å²) in [4.78, 5) is 22.7. The molecule has 0 saturated carbocycles. The van der Waals surface area contributed by atoms with Gasteiger partial charge in [-0.25, -0.2) is 0 Å². The van der Waals surface area contributed by atoms with Crippen molar-refractivity contribution in [2.75, 3.05) is 7.11 Å². The summed E-state index contributed by atoms with van der Waals surface area (Å²) in [6.45, 7) is 1.53. The quantitative estimate of drug-likeness (QED) is 0.774. The molecule has 0 radical (unpaired) electrons. The first-order valence-corrected chi connectivity index (χ1v) is 5.23. The molecular formula is C12H16N2O3. The van der Waals surface area contributed by atoms with Gasteiger partial charge in [0, 0.05) is 7.11 Å². The van der Waals surface area contributed by atoms with Crippen molar-refractivity contribution in [2.45, 2.75) is 19.1 Å². The Morgan fingerprint density at radius 2 is 1.88 bits per heavy atom. The summed E-state index contributed by atoms with van der Waals surface area (Å²) < 4.78 is 5.11. The predicted octanol–water partition coefficient (Wildman–Crippen LogP) is 0.364. The Kier molecular flexibility index (Phi) is 4.66. The molecule has 2 amide bonds. The molecule has 1 aromatic carbocycles. The lowest BCUT2D eigenvalue weighted by molar-refractivity contribution is -0.134. The van der Waals surface area contributed by atoms with E-state index < -0.39 is 18.1 Å². The fraction of sp³-hybridized carbons (Fsp3) is 0.333. The number of hydrogen-bond acceptors (Lipinski definition) is 3. The minimum Gasteiger partial charge on any atom is -0.368 e. The van der Waals surface area contributed by atoms with Gasteiger partial charge in [-0.1, -0.05) is 30.3 Å². The highest BCUT2D eigenvalue weighted by atomic mass is 16.5. The van der Waals surface area contributed by atoms with Crippen LogP contribution in [0.5, 0.6) is 0 Å². The van der Waals surface area contributed by atoms with Crippen LogP contribution in [0, 0.1) is 0 Å². The molecule has 0 unspecified atom stereocenters. The Morgan fingerprint density at radius 1 is 1.29 bits per heavy atom. The number of primary amides is 1. The molecule has 0 aliphatic heterocycles. The Morgan fingerprint density at radius 3 is 2.35 bits per heavy atom. The minimum absolute atomic E-state index is 0.384. The highest BCUT2D eigenvalue weighted by Crippen LogP contribution is 2.16. The number of rotatable bonds is 5. The molecule has 5 nitrogen and oxygen atoms in total. The molecule has 0 aliphatic carbocycles. The van der Waals surface area contributed by atoms with Gasteiger partial charge in [-0.3, -0.25) is 9.59 Å². The average Bonchev–Trinajstić information content (AvgIpc) is 2.31. The van der Waals surface area contributed by atoms with E-state index in [0.717, 1.165) is 5.56 Å². The van der Waals surface area contributed by atoms with Gasteiger partial charge in [0.05, 0.1) is 0 Å². The first-order chi connectivity index (χ1) is 8.06. The molecule has 0 heterocycles. The van der Waals surface area contributed by atoms with Crippen LogP contribution in [-0.4, -0.2) is 25.0 Å². The van der Waals surface area contributed by atoms with Gasteiger partial charge < -0.3 is 15.8 Å². The number of methoxy groups -OCH3 is 1. The summed E-state index contributed by atoms with van der Waals surface area (Å²) in [5.74, 6) is -0.966. The van der Waals surface area contributed by atoms with Crippen molar-refractivity contribution >= 4 is 11.8 Å². The first kappa shape index (κ1) is 13.2. The van der Waals surface area contributed by atoms with Gasteiger partial charge in [-0.2, -0.15) is 0 Å². The molecular weight excluding hydrogens is 220 g/mol. The summed E-state index contributed by atoms with van der Waals surface area (Å²) in [6, 6.07) is 8.31. The summed E-state index contributed by atoms with van der Waals surface area (Å²) in [6.07, 6.45) is -0.738. The normalized spacial score (nSPS) is 13.8. The van der Waals surface area contributed by atoms with Crippen molar-refractivity contribution in [1.82, 2.24) is 5.32 Å². The molecule has 0 aliphatic rings. The maximum Gasteiger partial charge on any atom is 0.254 e. The highest BCUT2D eigenvalue weighted by molar-refractivity contribution is 5.88. The number of hydrogen-bond donors (Lipinski definition) is 2. The summed E-state index contributed by atoms with van der Waals surface area (Å²) >= 11 is 0. The summed E-state index contributed by atoms with van der Waals surface area (Å²) in [5.41, 5.74) is 5.80. The van der Waals surface area contributed by atoms with Crippen molar-refractivity contribution in [2.24, 2.45) is 5.73 Å². The Hall–Kier alpha value is -1.88. The molecule has 0 spiro atoms. The molecule has 1 rings (SSSR count). The lowest BCUT2D eigenvalue weighted by Gasteiger charge is -2.17. The number of carbonyl (C=O) groups excluding carboxylic acids is 2. The molecule has 3 N–H and O–H groups in total. The smallest absolute Gasteiger partial charge is 0.254 e. The van der Waals surface area contributed by atoms with E-state index in [2.05, 4.69) is 5.32 Å². The molecule has 0 bridgehead atoms. The number of nitrogens with two attached hydrogens (primary N) is 1.